The maximum Gasteiger partial charge on any atom is 0.280 e. The molecule has 1 aromatic heterocycles. The lowest BCUT2D eigenvalue weighted by Crippen LogP contribution is -2.53. The molecule has 5 rings (SSSR count). The zero-order valence-electron chi connectivity index (χ0n) is 18.6. The summed E-state index contributed by atoms with van der Waals surface area (Å²) in [6.07, 6.45) is 4.69. The van der Waals surface area contributed by atoms with Gasteiger partial charge in [-0.3, -0.25) is 9.59 Å². The van der Waals surface area contributed by atoms with Crippen LogP contribution in [0.4, 0.5) is 0 Å². The van der Waals surface area contributed by atoms with Crippen molar-refractivity contribution in [1.29, 1.82) is 0 Å². The Hall–Kier alpha value is -2.29. The van der Waals surface area contributed by atoms with Gasteiger partial charge in [0.25, 0.3) is 11.8 Å². The quantitative estimate of drug-likeness (QED) is 0.524. The lowest BCUT2D eigenvalue weighted by atomic mass is 9.90. The van der Waals surface area contributed by atoms with Gasteiger partial charge in [0.05, 0.1) is 5.69 Å². The number of fused-ring (bicyclic) bond motifs is 2. The summed E-state index contributed by atoms with van der Waals surface area (Å²) in [4.78, 5) is 34.1. The molecule has 2 atom stereocenters. The van der Waals surface area contributed by atoms with E-state index >= 15 is 0 Å². The van der Waals surface area contributed by atoms with E-state index in [1.165, 1.54) is 16.2 Å². The summed E-state index contributed by atoms with van der Waals surface area (Å²) >= 11 is 4.98. The first-order chi connectivity index (χ1) is 16.0. The Morgan fingerprint density at radius 2 is 1.73 bits per heavy atom. The van der Waals surface area contributed by atoms with Crippen LogP contribution in [0.3, 0.4) is 0 Å². The van der Waals surface area contributed by atoms with Crippen molar-refractivity contribution in [3.63, 3.8) is 0 Å². The normalized spacial score (nSPS) is 20.9. The molecule has 172 valence electrons. The second-order valence-electron chi connectivity index (χ2n) is 9.03. The number of carbonyl (C=O) groups excluding carboxylic acids is 2. The minimum atomic E-state index is -0.125. The van der Waals surface area contributed by atoms with E-state index in [2.05, 4.69) is 43.5 Å². The molecule has 8 heteroatoms. The minimum absolute atomic E-state index is 0.0865. The van der Waals surface area contributed by atoms with Crippen LogP contribution in [0.25, 0.3) is 10.8 Å². The lowest BCUT2D eigenvalue weighted by molar-refractivity contribution is 0.0862. The molecule has 0 spiro atoms. The average molecular weight is 527 g/mol. The van der Waals surface area contributed by atoms with Crippen molar-refractivity contribution in [3.8, 4) is 0 Å². The summed E-state index contributed by atoms with van der Waals surface area (Å²) in [7, 11) is 2.09. The van der Waals surface area contributed by atoms with Gasteiger partial charge in [0.15, 0.2) is 5.01 Å². The van der Waals surface area contributed by atoms with E-state index in [-0.39, 0.29) is 23.9 Å². The smallest absolute Gasteiger partial charge is 0.280 e. The molecular weight excluding hydrogens is 500 g/mol. The fourth-order valence-corrected chi connectivity index (χ4v) is 6.21. The van der Waals surface area contributed by atoms with Crippen molar-refractivity contribution in [2.24, 2.45) is 0 Å². The fourth-order valence-electron chi connectivity index (χ4n) is 4.74. The van der Waals surface area contributed by atoms with Crippen molar-refractivity contribution in [2.75, 3.05) is 13.6 Å². The molecule has 3 aromatic rings. The number of benzene rings is 2. The standard InChI is InChI=1S/C25H27BrN4O2S/c1-30-11-10-21-22(14-30)33-25(29-21)24(32)28-20-5-3-2-4-19(20)27-23(31)17-7-6-16-13-18(26)9-8-15(16)12-17/h6-9,12-13,19-20H,2-5,10-11,14H2,1H3,(H,27,31)(H,28,32)/t19-,20+/m0/s1. The number of carbonyl (C=O) groups is 2. The summed E-state index contributed by atoms with van der Waals surface area (Å²) in [6, 6.07) is 11.6. The maximum absolute atomic E-state index is 13.0. The molecule has 1 aliphatic heterocycles. The van der Waals surface area contributed by atoms with Gasteiger partial charge in [0, 0.05) is 46.5 Å². The third-order valence-corrected chi connectivity index (χ3v) is 8.15. The Labute approximate surface area is 205 Å². The Morgan fingerprint density at radius 3 is 2.52 bits per heavy atom. The summed E-state index contributed by atoms with van der Waals surface area (Å²) < 4.78 is 1.01. The molecule has 2 aromatic carbocycles. The van der Waals surface area contributed by atoms with E-state index in [0.717, 1.165) is 66.1 Å². The number of aromatic nitrogens is 1. The van der Waals surface area contributed by atoms with Gasteiger partial charge in [0.1, 0.15) is 0 Å². The molecule has 1 aliphatic carbocycles. The van der Waals surface area contributed by atoms with Gasteiger partial charge in [-0.15, -0.1) is 11.3 Å². The number of hydrogen-bond acceptors (Lipinski definition) is 5. The van der Waals surface area contributed by atoms with Crippen LogP contribution < -0.4 is 10.6 Å². The van der Waals surface area contributed by atoms with Crippen LogP contribution in [0, 0.1) is 0 Å². The van der Waals surface area contributed by atoms with Gasteiger partial charge < -0.3 is 15.5 Å². The van der Waals surface area contributed by atoms with Crippen LogP contribution in [0.2, 0.25) is 0 Å². The molecule has 1 fully saturated rings. The lowest BCUT2D eigenvalue weighted by Gasteiger charge is -2.32. The number of likely N-dealkylation sites (N-methyl/N-ethyl adjacent to an activating group) is 1. The maximum atomic E-state index is 13.0. The highest BCUT2D eigenvalue weighted by molar-refractivity contribution is 9.10. The Bertz CT molecular complexity index is 1210. The van der Waals surface area contributed by atoms with Gasteiger partial charge >= 0.3 is 0 Å². The number of hydrogen-bond donors (Lipinski definition) is 2. The number of halogens is 1. The van der Waals surface area contributed by atoms with Crippen LogP contribution in [0.1, 0.15) is 56.4 Å². The molecule has 6 nitrogen and oxygen atoms in total. The Kier molecular flexibility index (Phi) is 6.49. The third-order valence-electron chi connectivity index (χ3n) is 6.58. The second-order valence-corrected chi connectivity index (χ2v) is 11.0. The van der Waals surface area contributed by atoms with Crippen molar-refractivity contribution >= 4 is 49.9 Å². The number of nitrogens with one attached hydrogen (secondary N) is 2. The number of nitrogens with zero attached hydrogens (tertiary/aromatic N) is 2. The van der Waals surface area contributed by atoms with E-state index in [4.69, 9.17) is 0 Å². The molecule has 2 heterocycles. The van der Waals surface area contributed by atoms with E-state index in [1.807, 2.05) is 36.4 Å². The van der Waals surface area contributed by atoms with Crippen molar-refractivity contribution in [2.45, 2.75) is 50.7 Å². The Balaban J connectivity index is 1.27. The zero-order chi connectivity index (χ0) is 22.9. The van der Waals surface area contributed by atoms with Crippen molar-refractivity contribution in [1.82, 2.24) is 20.5 Å². The topological polar surface area (TPSA) is 74.3 Å². The van der Waals surface area contributed by atoms with E-state index in [9.17, 15) is 9.59 Å². The summed E-state index contributed by atoms with van der Waals surface area (Å²) in [5.74, 6) is -0.224. The average Bonchev–Trinajstić information content (AvgIpc) is 3.23. The first-order valence-electron chi connectivity index (χ1n) is 11.4. The van der Waals surface area contributed by atoms with Crippen LogP contribution in [0.5, 0.6) is 0 Å². The van der Waals surface area contributed by atoms with Gasteiger partial charge in [-0.25, -0.2) is 4.98 Å². The third kappa shape index (κ3) is 4.98. The summed E-state index contributed by atoms with van der Waals surface area (Å²) in [6.45, 7) is 1.83. The highest BCUT2D eigenvalue weighted by atomic mass is 79.9. The van der Waals surface area contributed by atoms with E-state index in [1.54, 1.807) is 0 Å². The number of rotatable bonds is 4. The number of thiazole rings is 1. The molecule has 0 unspecified atom stereocenters. The molecule has 2 amide bonds. The molecule has 2 N–H and O–H groups in total. The zero-order valence-corrected chi connectivity index (χ0v) is 21.0. The van der Waals surface area contributed by atoms with Gasteiger partial charge in [-0.05, 0) is 54.9 Å². The predicted molar refractivity (Wildman–Crippen MR) is 135 cm³/mol. The van der Waals surface area contributed by atoms with Gasteiger partial charge in [-0.2, -0.15) is 0 Å². The van der Waals surface area contributed by atoms with Gasteiger partial charge in [-0.1, -0.05) is 40.9 Å². The molecule has 2 aliphatic rings. The predicted octanol–water partition coefficient (Wildman–Crippen LogP) is 4.52. The monoisotopic (exact) mass is 526 g/mol. The van der Waals surface area contributed by atoms with Crippen molar-refractivity contribution < 1.29 is 9.59 Å². The molecule has 0 radical (unpaired) electrons. The molecule has 1 saturated carbocycles. The fraction of sp³-hybridized carbons (Fsp3) is 0.400. The highest BCUT2D eigenvalue weighted by Gasteiger charge is 2.30. The first kappa shape index (κ1) is 22.5. The van der Waals surface area contributed by atoms with Crippen molar-refractivity contribution in [3.05, 3.63) is 62.0 Å². The SMILES string of the molecule is CN1CCc2nc(C(=O)N[C@@H]3CCCC[C@@H]3NC(=O)c3ccc4cc(Br)ccc4c3)sc2C1. The van der Waals surface area contributed by atoms with E-state index in [0.29, 0.717) is 10.6 Å². The first-order valence-corrected chi connectivity index (χ1v) is 13.1. The molecule has 33 heavy (non-hydrogen) atoms. The molecule has 0 bridgehead atoms. The van der Waals surface area contributed by atoms with Gasteiger partial charge in [0.2, 0.25) is 0 Å². The van der Waals surface area contributed by atoms with Crippen LogP contribution >= 0.6 is 27.3 Å². The van der Waals surface area contributed by atoms with Crippen LogP contribution in [0.15, 0.2) is 40.9 Å². The second kappa shape index (κ2) is 9.52. The van der Waals surface area contributed by atoms with E-state index < -0.39 is 0 Å². The summed E-state index contributed by atoms with van der Waals surface area (Å²) in [5, 5.41) is 9.00. The summed E-state index contributed by atoms with van der Waals surface area (Å²) in [5.41, 5.74) is 1.69. The minimum Gasteiger partial charge on any atom is -0.347 e. The number of amides is 2. The van der Waals surface area contributed by atoms with Crippen LogP contribution in [-0.4, -0.2) is 47.4 Å². The molecular formula is C25H27BrN4O2S. The Morgan fingerprint density at radius 1 is 1.03 bits per heavy atom. The molecule has 0 saturated heterocycles. The van der Waals surface area contributed by atoms with Crippen LogP contribution in [-0.2, 0) is 13.0 Å². The largest absolute Gasteiger partial charge is 0.347 e. The highest BCUT2D eigenvalue weighted by Crippen LogP contribution is 2.26.